The van der Waals surface area contributed by atoms with E-state index >= 15 is 0 Å². The van der Waals surface area contributed by atoms with Crippen molar-refractivity contribution in [2.24, 2.45) is 0 Å². The molecule has 0 saturated heterocycles. The number of ether oxygens (including phenoxy) is 1. The second-order valence-corrected chi connectivity index (χ2v) is 4.54. The van der Waals surface area contributed by atoms with E-state index in [1.807, 2.05) is 0 Å². The summed E-state index contributed by atoms with van der Waals surface area (Å²) in [6.45, 7) is 5.60. The topological polar surface area (TPSA) is 47.0 Å². The molecule has 90 valence electrons. The first kappa shape index (κ1) is 13.6. The summed E-state index contributed by atoms with van der Waals surface area (Å²) >= 11 is 2.27. The zero-order valence-corrected chi connectivity index (χ0v) is 12.2. The molecule has 0 atom stereocenters. The van der Waals surface area contributed by atoms with Crippen molar-refractivity contribution in [3.63, 3.8) is 0 Å². The van der Waals surface area contributed by atoms with Crippen LogP contribution in [0.3, 0.4) is 0 Å². The molecule has 0 aliphatic rings. The number of nitrogens with one attached hydrogen (secondary N) is 1. The molecule has 0 fully saturated rings. The van der Waals surface area contributed by atoms with Crippen molar-refractivity contribution in [1.82, 2.24) is 9.97 Å². The lowest BCUT2D eigenvalue weighted by atomic mass is 10.3. The van der Waals surface area contributed by atoms with Crippen molar-refractivity contribution in [1.29, 1.82) is 0 Å². The van der Waals surface area contributed by atoms with E-state index in [1.165, 1.54) is 0 Å². The number of hydrogen-bond donors (Lipinski definition) is 1. The van der Waals surface area contributed by atoms with Crippen LogP contribution >= 0.6 is 22.6 Å². The molecule has 0 unspecified atom stereocenters. The maximum Gasteiger partial charge on any atom is 0.143 e. The fourth-order valence-electron chi connectivity index (χ4n) is 1.40. The zero-order chi connectivity index (χ0) is 12.0. The third kappa shape index (κ3) is 3.55. The summed E-state index contributed by atoms with van der Waals surface area (Å²) in [7, 11) is 1.69. The molecule has 0 aliphatic carbocycles. The normalized spacial score (nSPS) is 10.5. The third-order valence-electron chi connectivity index (χ3n) is 2.07. The number of methoxy groups -OCH3 is 1. The van der Waals surface area contributed by atoms with Crippen LogP contribution in [0.2, 0.25) is 0 Å². The molecule has 0 bridgehead atoms. The number of rotatable bonds is 6. The van der Waals surface area contributed by atoms with Gasteiger partial charge in [-0.25, -0.2) is 9.97 Å². The highest BCUT2D eigenvalue weighted by Gasteiger charge is 2.11. The number of anilines is 1. The summed E-state index contributed by atoms with van der Waals surface area (Å²) in [6.07, 6.45) is 1.96. The molecule has 16 heavy (non-hydrogen) atoms. The average Bonchev–Trinajstić information content (AvgIpc) is 2.26. The molecule has 1 N–H and O–H groups in total. The smallest absolute Gasteiger partial charge is 0.143 e. The Balaban J connectivity index is 3.05. The standard InChI is InChI=1S/C11H18IN3O/c1-4-6-9-14-8(7-16-3)10(12)11(15-9)13-5-2/h4-7H2,1-3H3,(H,13,14,15). The Kier molecular flexibility index (Phi) is 5.97. The molecule has 1 aromatic heterocycles. The summed E-state index contributed by atoms with van der Waals surface area (Å²) in [4.78, 5) is 9.02. The third-order valence-corrected chi connectivity index (χ3v) is 3.20. The fourth-order valence-corrected chi connectivity index (χ4v) is 1.98. The number of halogens is 1. The van der Waals surface area contributed by atoms with Gasteiger partial charge in [-0.05, 0) is 35.9 Å². The van der Waals surface area contributed by atoms with Crippen LogP contribution in [0, 0.1) is 3.57 Å². The van der Waals surface area contributed by atoms with Crippen LogP contribution in [-0.4, -0.2) is 23.6 Å². The lowest BCUT2D eigenvalue weighted by Gasteiger charge is -2.11. The minimum absolute atomic E-state index is 0.538. The first-order valence-electron chi connectivity index (χ1n) is 5.51. The Bertz CT molecular complexity index is 317. The summed E-state index contributed by atoms with van der Waals surface area (Å²) < 4.78 is 6.21. The van der Waals surface area contributed by atoms with Gasteiger partial charge in [0.15, 0.2) is 0 Å². The Labute approximate surface area is 110 Å². The Morgan fingerprint density at radius 3 is 2.62 bits per heavy atom. The van der Waals surface area contributed by atoms with Gasteiger partial charge in [-0.2, -0.15) is 0 Å². The molecule has 5 heteroatoms. The molecule has 1 heterocycles. The van der Waals surface area contributed by atoms with Crippen molar-refractivity contribution < 1.29 is 4.74 Å². The Morgan fingerprint density at radius 2 is 2.06 bits per heavy atom. The number of nitrogens with zero attached hydrogens (tertiary/aromatic N) is 2. The van der Waals surface area contributed by atoms with Gasteiger partial charge >= 0.3 is 0 Å². The van der Waals surface area contributed by atoms with Crippen molar-refractivity contribution in [3.8, 4) is 0 Å². The number of hydrogen-bond acceptors (Lipinski definition) is 4. The van der Waals surface area contributed by atoms with Crippen molar-refractivity contribution in [3.05, 3.63) is 15.1 Å². The van der Waals surface area contributed by atoms with Crippen molar-refractivity contribution in [2.45, 2.75) is 33.3 Å². The SMILES string of the molecule is CCCc1nc(COC)c(I)c(NCC)n1. The molecule has 0 aliphatic heterocycles. The first-order valence-corrected chi connectivity index (χ1v) is 6.58. The number of aromatic nitrogens is 2. The molecule has 0 radical (unpaired) electrons. The molecule has 1 rings (SSSR count). The molecular weight excluding hydrogens is 317 g/mol. The summed E-state index contributed by atoms with van der Waals surface area (Å²) in [5.74, 6) is 1.82. The van der Waals surface area contributed by atoms with E-state index in [9.17, 15) is 0 Å². The Morgan fingerprint density at radius 1 is 1.31 bits per heavy atom. The highest BCUT2D eigenvalue weighted by molar-refractivity contribution is 14.1. The summed E-state index contributed by atoms with van der Waals surface area (Å²) in [5, 5.41) is 3.26. The van der Waals surface area contributed by atoms with Gasteiger partial charge in [-0.15, -0.1) is 0 Å². The van der Waals surface area contributed by atoms with Crippen molar-refractivity contribution in [2.75, 3.05) is 19.0 Å². The maximum atomic E-state index is 5.15. The van der Waals surface area contributed by atoms with E-state index < -0.39 is 0 Å². The minimum Gasteiger partial charge on any atom is -0.378 e. The van der Waals surface area contributed by atoms with Gasteiger partial charge in [0.1, 0.15) is 11.6 Å². The van der Waals surface area contributed by atoms with Crippen LogP contribution in [0.25, 0.3) is 0 Å². The van der Waals surface area contributed by atoms with Gasteiger partial charge in [-0.1, -0.05) is 6.92 Å². The largest absolute Gasteiger partial charge is 0.378 e. The van der Waals surface area contributed by atoms with Crippen LogP contribution in [0.5, 0.6) is 0 Å². The van der Waals surface area contributed by atoms with Gasteiger partial charge in [-0.3, -0.25) is 0 Å². The molecule has 0 spiro atoms. The van der Waals surface area contributed by atoms with Gasteiger partial charge < -0.3 is 10.1 Å². The Hall–Kier alpha value is -0.430. The highest BCUT2D eigenvalue weighted by atomic mass is 127. The van der Waals surface area contributed by atoms with Gasteiger partial charge in [0.2, 0.25) is 0 Å². The van der Waals surface area contributed by atoms with Gasteiger partial charge in [0.05, 0.1) is 15.9 Å². The van der Waals surface area contributed by atoms with E-state index in [4.69, 9.17) is 4.74 Å². The maximum absolute atomic E-state index is 5.15. The molecule has 4 nitrogen and oxygen atoms in total. The quantitative estimate of drug-likeness (QED) is 0.812. The van der Waals surface area contributed by atoms with Crippen LogP contribution < -0.4 is 5.32 Å². The van der Waals surface area contributed by atoms with E-state index in [0.717, 1.165) is 40.3 Å². The lowest BCUT2D eigenvalue weighted by Crippen LogP contribution is -2.10. The first-order chi connectivity index (χ1) is 7.72. The molecular formula is C11H18IN3O. The average molecular weight is 335 g/mol. The van der Waals surface area contributed by atoms with Crippen molar-refractivity contribution >= 4 is 28.4 Å². The highest BCUT2D eigenvalue weighted by Crippen LogP contribution is 2.20. The van der Waals surface area contributed by atoms with E-state index in [-0.39, 0.29) is 0 Å². The van der Waals surface area contributed by atoms with Gasteiger partial charge in [0, 0.05) is 20.1 Å². The summed E-state index contributed by atoms with van der Waals surface area (Å²) in [5.41, 5.74) is 0.970. The van der Waals surface area contributed by atoms with E-state index in [1.54, 1.807) is 7.11 Å². The zero-order valence-electron chi connectivity index (χ0n) is 10.0. The predicted molar refractivity (Wildman–Crippen MR) is 73.6 cm³/mol. The van der Waals surface area contributed by atoms with E-state index in [0.29, 0.717) is 6.61 Å². The lowest BCUT2D eigenvalue weighted by molar-refractivity contribution is 0.180. The molecule has 0 saturated carbocycles. The minimum atomic E-state index is 0.538. The number of aryl methyl sites for hydroxylation is 1. The molecule has 0 aromatic carbocycles. The van der Waals surface area contributed by atoms with E-state index in [2.05, 4.69) is 51.7 Å². The molecule has 0 amide bonds. The van der Waals surface area contributed by atoms with Crippen LogP contribution in [-0.2, 0) is 17.8 Å². The second kappa shape index (κ2) is 7.01. The summed E-state index contributed by atoms with van der Waals surface area (Å²) in [6, 6.07) is 0. The second-order valence-electron chi connectivity index (χ2n) is 3.46. The predicted octanol–water partition coefficient (Wildman–Crippen LogP) is 2.61. The van der Waals surface area contributed by atoms with Crippen LogP contribution in [0.4, 0.5) is 5.82 Å². The monoisotopic (exact) mass is 335 g/mol. The van der Waals surface area contributed by atoms with Crippen LogP contribution in [0.15, 0.2) is 0 Å². The fraction of sp³-hybridized carbons (Fsp3) is 0.636. The van der Waals surface area contributed by atoms with Gasteiger partial charge in [0.25, 0.3) is 0 Å². The van der Waals surface area contributed by atoms with Crippen LogP contribution in [0.1, 0.15) is 31.8 Å². The molecule has 1 aromatic rings.